The van der Waals surface area contributed by atoms with Crippen LogP contribution in [0.1, 0.15) is 48.0 Å². The maximum absolute atomic E-state index is 13.0. The second-order valence-electron chi connectivity index (χ2n) is 7.79. The van der Waals surface area contributed by atoms with E-state index in [4.69, 9.17) is 0 Å². The van der Waals surface area contributed by atoms with E-state index in [1.807, 2.05) is 36.4 Å². The molecule has 2 N–H and O–H groups in total. The molecule has 1 aliphatic rings. The van der Waals surface area contributed by atoms with Crippen LogP contribution in [0.15, 0.2) is 60.7 Å². The SMILES string of the molecule is O=C(CN(Cc1ccccc1)C(=O)c1ccccc1)N[C@H](C(=O)O)C1CCCCC1. The predicted molar refractivity (Wildman–Crippen MR) is 114 cm³/mol. The minimum Gasteiger partial charge on any atom is -0.480 e. The highest BCUT2D eigenvalue weighted by Crippen LogP contribution is 2.26. The summed E-state index contributed by atoms with van der Waals surface area (Å²) in [5.41, 5.74) is 1.39. The van der Waals surface area contributed by atoms with Gasteiger partial charge in [0.2, 0.25) is 5.91 Å². The molecule has 0 heterocycles. The van der Waals surface area contributed by atoms with Crippen molar-refractivity contribution in [2.24, 2.45) is 5.92 Å². The molecule has 0 bridgehead atoms. The zero-order valence-electron chi connectivity index (χ0n) is 17.0. The first-order valence-corrected chi connectivity index (χ1v) is 10.4. The minimum absolute atomic E-state index is 0.0624. The highest BCUT2D eigenvalue weighted by atomic mass is 16.4. The van der Waals surface area contributed by atoms with Gasteiger partial charge in [0.1, 0.15) is 12.6 Å². The number of carbonyl (C=O) groups excluding carboxylic acids is 2. The van der Waals surface area contributed by atoms with Crippen molar-refractivity contribution < 1.29 is 19.5 Å². The van der Waals surface area contributed by atoms with Gasteiger partial charge in [0.15, 0.2) is 0 Å². The summed E-state index contributed by atoms with van der Waals surface area (Å²) >= 11 is 0. The fourth-order valence-electron chi connectivity index (χ4n) is 4.01. The summed E-state index contributed by atoms with van der Waals surface area (Å²) in [7, 11) is 0. The van der Waals surface area contributed by atoms with Crippen LogP contribution in [-0.4, -0.2) is 40.4 Å². The van der Waals surface area contributed by atoms with Crippen LogP contribution in [0.4, 0.5) is 0 Å². The number of hydrogen-bond acceptors (Lipinski definition) is 3. The number of nitrogens with zero attached hydrogens (tertiary/aromatic N) is 1. The van der Waals surface area contributed by atoms with Gasteiger partial charge in [-0.05, 0) is 36.5 Å². The Morgan fingerprint density at radius 3 is 2.13 bits per heavy atom. The van der Waals surface area contributed by atoms with Gasteiger partial charge in [0.25, 0.3) is 5.91 Å². The van der Waals surface area contributed by atoms with Gasteiger partial charge < -0.3 is 15.3 Å². The van der Waals surface area contributed by atoms with Gasteiger partial charge in [-0.1, -0.05) is 67.8 Å². The zero-order chi connectivity index (χ0) is 21.3. The topological polar surface area (TPSA) is 86.7 Å². The standard InChI is InChI=1S/C24H28N2O4/c27-21(25-22(24(29)30)19-12-6-2-7-13-19)17-26(16-18-10-4-1-5-11-18)23(28)20-14-8-3-9-15-20/h1,3-5,8-11,14-15,19,22H,2,6-7,12-13,16-17H2,(H,25,27)(H,29,30)/t22-/m0/s1. The van der Waals surface area contributed by atoms with Crippen LogP contribution in [-0.2, 0) is 16.1 Å². The Morgan fingerprint density at radius 2 is 1.53 bits per heavy atom. The maximum Gasteiger partial charge on any atom is 0.326 e. The fraction of sp³-hybridized carbons (Fsp3) is 0.375. The van der Waals surface area contributed by atoms with Crippen LogP contribution in [0.5, 0.6) is 0 Å². The molecule has 0 radical (unpaired) electrons. The highest BCUT2D eigenvalue weighted by Gasteiger charge is 2.31. The molecule has 30 heavy (non-hydrogen) atoms. The van der Waals surface area contributed by atoms with Crippen molar-refractivity contribution in [3.05, 3.63) is 71.8 Å². The fourth-order valence-corrected chi connectivity index (χ4v) is 4.01. The number of rotatable bonds is 8. The number of nitrogens with one attached hydrogen (secondary N) is 1. The minimum atomic E-state index is -1.01. The number of benzene rings is 2. The summed E-state index contributed by atoms with van der Waals surface area (Å²) in [6, 6.07) is 17.3. The van der Waals surface area contributed by atoms with E-state index in [2.05, 4.69) is 5.32 Å². The molecule has 6 nitrogen and oxygen atoms in total. The second-order valence-corrected chi connectivity index (χ2v) is 7.79. The Kier molecular flexibility index (Phi) is 7.60. The van der Waals surface area contributed by atoms with Crippen molar-refractivity contribution in [2.75, 3.05) is 6.54 Å². The van der Waals surface area contributed by atoms with Gasteiger partial charge in [-0.15, -0.1) is 0 Å². The molecule has 1 atom stereocenters. The lowest BCUT2D eigenvalue weighted by Crippen LogP contribution is -2.50. The van der Waals surface area contributed by atoms with E-state index < -0.39 is 17.9 Å². The maximum atomic E-state index is 13.0. The summed E-state index contributed by atoms with van der Waals surface area (Å²) in [5.74, 6) is -1.79. The summed E-state index contributed by atoms with van der Waals surface area (Å²) in [6.07, 6.45) is 4.67. The Bertz CT molecular complexity index is 848. The van der Waals surface area contributed by atoms with E-state index in [1.165, 1.54) is 4.90 Å². The summed E-state index contributed by atoms with van der Waals surface area (Å²) < 4.78 is 0. The third-order valence-electron chi connectivity index (χ3n) is 5.56. The number of carbonyl (C=O) groups is 3. The van der Waals surface area contributed by atoms with Crippen molar-refractivity contribution in [2.45, 2.75) is 44.7 Å². The molecule has 0 unspecified atom stereocenters. The van der Waals surface area contributed by atoms with Crippen LogP contribution >= 0.6 is 0 Å². The molecule has 1 saturated carbocycles. The lowest BCUT2D eigenvalue weighted by atomic mass is 9.84. The van der Waals surface area contributed by atoms with E-state index in [-0.39, 0.29) is 24.9 Å². The van der Waals surface area contributed by atoms with Crippen LogP contribution < -0.4 is 5.32 Å². The molecule has 1 aliphatic carbocycles. The first kappa shape index (κ1) is 21.6. The van der Waals surface area contributed by atoms with Gasteiger partial charge >= 0.3 is 5.97 Å². The monoisotopic (exact) mass is 408 g/mol. The second kappa shape index (κ2) is 10.6. The quantitative estimate of drug-likeness (QED) is 0.700. The molecule has 2 aromatic carbocycles. The Hall–Kier alpha value is -3.15. The van der Waals surface area contributed by atoms with Gasteiger partial charge in [0.05, 0.1) is 0 Å². The third kappa shape index (κ3) is 5.92. The number of aliphatic carboxylic acids is 1. The van der Waals surface area contributed by atoms with Crippen molar-refractivity contribution in [1.29, 1.82) is 0 Å². The molecule has 6 heteroatoms. The van der Waals surface area contributed by atoms with E-state index >= 15 is 0 Å². The summed E-state index contributed by atoms with van der Waals surface area (Å²) in [6.45, 7) is 0.0717. The normalized spacial score (nSPS) is 15.2. The van der Waals surface area contributed by atoms with E-state index in [9.17, 15) is 19.5 Å². The number of hydrogen-bond donors (Lipinski definition) is 2. The molecule has 158 valence electrons. The zero-order valence-corrected chi connectivity index (χ0v) is 17.0. The first-order valence-electron chi connectivity index (χ1n) is 10.4. The van der Waals surface area contributed by atoms with E-state index in [1.54, 1.807) is 24.3 Å². The smallest absolute Gasteiger partial charge is 0.326 e. The highest BCUT2D eigenvalue weighted by molar-refractivity contribution is 5.96. The molecule has 3 rings (SSSR count). The van der Waals surface area contributed by atoms with Crippen LogP contribution in [0, 0.1) is 5.92 Å². The summed E-state index contributed by atoms with van der Waals surface area (Å²) in [4.78, 5) is 39.0. The van der Waals surface area contributed by atoms with Gasteiger partial charge in [-0.2, -0.15) is 0 Å². The van der Waals surface area contributed by atoms with Crippen LogP contribution in [0.3, 0.4) is 0 Å². The molecular weight excluding hydrogens is 380 g/mol. The molecule has 0 aliphatic heterocycles. The number of amides is 2. The largest absolute Gasteiger partial charge is 0.480 e. The van der Waals surface area contributed by atoms with Gasteiger partial charge in [-0.3, -0.25) is 9.59 Å². The van der Waals surface area contributed by atoms with Crippen molar-refractivity contribution in [3.8, 4) is 0 Å². The average Bonchev–Trinajstić information content (AvgIpc) is 2.78. The Labute approximate surface area is 176 Å². The van der Waals surface area contributed by atoms with Crippen molar-refractivity contribution >= 4 is 17.8 Å². The Morgan fingerprint density at radius 1 is 0.933 bits per heavy atom. The van der Waals surface area contributed by atoms with Gasteiger partial charge in [-0.25, -0.2) is 4.79 Å². The van der Waals surface area contributed by atoms with Crippen LogP contribution in [0.2, 0.25) is 0 Å². The lowest BCUT2D eigenvalue weighted by Gasteiger charge is -2.29. The molecule has 2 amide bonds. The van der Waals surface area contributed by atoms with Crippen molar-refractivity contribution in [1.82, 2.24) is 10.2 Å². The van der Waals surface area contributed by atoms with E-state index in [0.717, 1.165) is 37.7 Å². The molecule has 0 aromatic heterocycles. The number of carboxylic acid groups (broad SMARTS) is 1. The third-order valence-corrected chi connectivity index (χ3v) is 5.56. The van der Waals surface area contributed by atoms with Crippen molar-refractivity contribution in [3.63, 3.8) is 0 Å². The molecular formula is C24H28N2O4. The molecule has 2 aromatic rings. The molecule has 1 fully saturated rings. The number of carboxylic acids is 1. The van der Waals surface area contributed by atoms with Crippen LogP contribution in [0.25, 0.3) is 0 Å². The molecule has 0 saturated heterocycles. The first-order chi connectivity index (χ1) is 14.5. The predicted octanol–water partition coefficient (Wildman–Crippen LogP) is 3.48. The van der Waals surface area contributed by atoms with Gasteiger partial charge in [0, 0.05) is 12.1 Å². The summed E-state index contributed by atoms with van der Waals surface area (Å²) in [5, 5.41) is 12.3. The lowest BCUT2D eigenvalue weighted by molar-refractivity contribution is -0.144. The molecule has 0 spiro atoms. The van der Waals surface area contributed by atoms with E-state index in [0.29, 0.717) is 5.56 Å². The Balaban J connectivity index is 1.73. The average molecular weight is 408 g/mol.